The van der Waals surface area contributed by atoms with E-state index in [1.807, 2.05) is 30.3 Å². The fraction of sp³-hybridized carbons (Fsp3) is 0.444. The molecule has 4 atom stereocenters. The lowest BCUT2D eigenvalue weighted by Crippen LogP contribution is -2.51. The molecule has 0 aromatic heterocycles. The zero-order valence-corrected chi connectivity index (χ0v) is 21.8. The zero-order chi connectivity index (χ0) is 25.9. The number of carbonyl (C=O) groups is 3. The number of halogens is 2. The number of esters is 1. The number of carboxylic acids is 1. The Balaban J connectivity index is 2.09. The summed E-state index contributed by atoms with van der Waals surface area (Å²) in [4.78, 5) is 39.7. The Morgan fingerprint density at radius 1 is 1.09 bits per heavy atom. The van der Waals surface area contributed by atoms with Crippen LogP contribution in [0.2, 0.25) is 10.0 Å². The number of likely N-dealkylation sites (tertiary alicyclic amines) is 1. The summed E-state index contributed by atoms with van der Waals surface area (Å²) >= 11 is 12.4. The average Bonchev–Trinajstić information content (AvgIpc) is 2.73. The largest absolute Gasteiger partial charge is 0.481 e. The van der Waals surface area contributed by atoms with Gasteiger partial charge in [-0.25, -0.2) is 0 Å². The first kappa shape index (κ1) is 27.0. The first-order valence-corrected chi connectivity index (χ1v) is 12.4. The number of carboxylic acid groups (broad SMARTS) is 1. The van der Waals surface area contributed by atoms with Crippen molar-refractivity contribution in [3.05, 3.63) is 69.7 Å². The molecule has 1 amide bonds. The second-order valence-corrected chi connectivity index (χ2v) is 10.9. The molecular formula is C27H31Cl2NO5. The van der Waals surface area contributed by atoms with E-state index >= 15 is 0 Å². The number of carbonyl (C=O) groups excluding carboxylic acids is 2. The molecule has 0 radical (unpaired) electrons. The molecule has 2 aromatic rings. The van der Waals surface area contributed by atoms with E-state index in [0.717, 1.165) is 11.1 Å². The van der Waals surface area contributed by atoms with E-state index in [9.17, 15) is 19.5 Å². The van der Waals surface area contributed by atoms with Gasteiger partial charge in [0.1, 0.15) is 5.60 Å². The van der Waals surface area contributed by atoms with Gasteiger partial charge in [-0.05, 0) is 69.5 Å². The van der Waals surface area contributed by atoms with Gasteiger partial charge in [-0.2, -0.15) is 0 Å². The highest BCUT2D eigenvalue weighted by atomic mass is 35.5. The molecule has 1 aliphatic heterocycles. The predicted octanol–water partition coefficient (Wildman–Crippen LogP) is 6.26. The minimum atomic E-state index is -1.04. The number of aliphatic carboxylic acids is 1. The summed E-state index contributed by atoms with van der Waals surface area (Å²) in [6, 6.07) is 13.7. The van der Waals surface area contributed by atoms with Gasteiger partial charge >= 0.3 is 11.9 Å². The molecule has 0 spiro atoms. The number of benzene rings is 2. The van der Waals surface area contributed by atoms with Crippen molar-refractivity contribution in [2.75, 3.05) is 0 Å². The predicted molar refractivity (Wildman–Crippen MR) is 136 cm³/mol. The van der Waals surface area contributed by atoms with Crippen molar-refractivity contribution < 1.29 is 24.2 Å². The monoisotopic (exact) mass is 519 g/mol. The molecule has 1 heterocycles. The van der Waals surface area contributed by atoms with Crippen molar-refractivity contribution in [1.29, 1.82) is 0 Å². The fourth-order valence-corrected chi connectivity index (χ4v) is 5.11. The van der Waals surface area contributed by atoms with Crippen molar-refractivity contribution in [2.45, 2.75) is 70.6 Å². The van der Waals surface area contributed by atoms with Crippen molar-refractivity contribution >= 4 is 41.0 Å². The van der Waals surface area contributed by atoms with Gasteiger partial charge in [0.05, 0.1) is 18.9 Å². The topological polar surface area (TPSA) is 83.9 Å². The van der Waals surface area contributed by atoms with E-state index < -0.39 is 35.5 Å². The van der Waals surface area contributed by atoms with Crippen LogP contribution in [0.25, 0.3) is 0 Å². The van der Waals surface area contributed by atoms with Crippen molar-refractivity contribution in [2.24, 2.45) is 5.92 Å². The highest BCUT2D eigenvalue weighted by molar-refractivity contribution is 6.30. The van der Waals surface area contributed by atoms with Gasteiger partial charge in [-0.15, -0.1) is 0 Å². The van der Waals surface area contributed by atoms with Crippen LogP contribution in [0.15, 0.2) is 48.5 Å². The third-order valence-electron chi connectivity index (χ3n) is 6.09. The van der Waals surface area contributed by atoms with Gasteiger partial charge in [-0.3, -0.25) is 14.4 Å². The molecular weight excluding hydrogens is 489 g/mol. The first-order valence-electron chi connectivity index (χ1n) is 11.6. The Hall–Kier alpha value is -2.57. The number of nitrogens with zero attached hydrogens (tertiary/aromatic N) is 1. The van der Waals surface area contributed by atoms with Crippen LogP contribution in [-0.4, -0.2) is 39.5 Å². The van der Waals surface area contributed by atoms with E-state index in [0.29, 0.717) is 16.5 Å². The summed E-state index contributed by atoms with van der Waals surface area (Å²) in [5, 5.41) is 10.6. The van der Waals surface area contributed by atoms with Crippen LogP contribution in [0.3, 0.4) is 0 Å². The zero-order valence-electron chi connectivity index (χ0n) is 20.3. The second-order valence-electron chi connectivity index (χ2n) is 10.1. The highest BCUT2D eigenvalue weighted by Crippen LogP contribution is 2.47. The SMILES string of the molecule is C[C@@H](CC(=O)OC(C)(C)C)N1C(=O)C(CC(=O)O)CC(c2cccc(Cl)c2)C1c1ccc(Cl)cc1. The minimum absolute atomic E-state index is 0.0187. The quantitative estimate of drug-likeness (QED) is 0.436. The maximum absolute atomic E-state index is 13.7. The molecule has 1 saturated heterocycles. The first-order chi connectivity index (χ1) is 16.4. The number of rotatable bonds is 7. The average molecular weight is 520 g/mol. The maximum atomic E-state index is 13.7. The summed E-state index contributed by atoms with van der Waals surface area (Å²) in [5.74, 6) is -2.73. The number of hydrogen-bond acceptors (Lipinski definition) is 4. The Labute approximate surface area is 216 Å². The Bertz CT molecular complexity index is 1080. The number of piperidine rings is 1. The van der Waals surface area contributed by atoms with Gasteiger partial charge < -0.3 is 14.7 Å². The summed E-state index contributed by atoms with van der Waals surface area (Å²) in [6.07, 6.45) is 0.0302. The summed E-state index contributed by atoms with van der Waals surface area (Å²) in [6.45, 7) is 7.16. The highest BCUT2D eigenvalue weighted by Gasteiger charge is 2.46. The van der Waals surface area contributed by atoms with Crippen molar-refractivity contribution in [3.8, 4) is 0 Å². The summed E-state index contributed by atoms with van der Waals surface area (Å²) < 4.78 is 5.50. The third-order valence-corrected chi connectivity index (χ3v) is 6.58. The van der Waals surface area contributed by atoms with Crippen LogP contribution in [0.1, 0.15) is 70.0 Å². The van der Waals surface area contributed by atoms with E-state index in [4.69, 9.17) is 27.9 Å². The standard InChI is InChI=1S/C27H31Cl2NO5/c1-16(12-24(33)35-27(2,3)4)30-25(17-8-10-20(28)11-9-17)22(18-6-5-7-21(29)13-18)14-19(26(30)34)15-23(31)32/h5-11,13,16,19,22,25H,12,14-15H2,1-4H3,(H,31,32)/t16-,19?,22?,25?/m0/s1. The van der Waals surface area contributed by atoms with Gasteiger partial charge in [0.2, 0.25) is 5.91 Å². The van der Waals surface area contributed by atoms with Crippen LogP contribution in [-0.2, 0) is 19.1 Å². The number of amides is 1. The molecule has 188 valence electrons. The molecule has 6 nitrogen and oxygen atoms in total. The van der Waals surface area contributed by atoms with Crippen LogP contribution >= 0.6 is 23.2 Å². The number of hydrogen-bond donors (Lipinski definition) is 1. The summed E-state index contributed by atoms with van der Waals surface area (Å²) in [7, 11) is 0. The molecule has 0 aliphatic carbocycles. The minimum Gasteiger partial charge on any atom is -0.481 e. The molecule has 1 fully saturated rings. The van der Waals surface area contributed by atoms with E-state index in [1.54, 1.807) is 50.8 Å². The Morgan fingerprint density at radius 3 is 2.31 bits per heavy atom. The molecule has 2 aromatic carbocycles. The van der Waals surface area contributed by atoms with Crippen LogP contribution in [0, 0.1) is 5.92 Å². The van der Waals surface area contributed by atoms with Crippen molar-refractivity contribution in [1.82, 2.24) is 4.90 Å². The lowest BCUT2D eigenvalue weighted by Gasteiger charge is -2.47. The molecule has 0 saturated carbocycles. The van der Waals surface area contributed by atoms with Crippen LogP contribution < -0.4 is 0 Å². The smallest absolute Gasteiger partial charge is 0.308 e. The number of ether oxygens (including phenoxy) is 1. The van der Waals surface area contributed by atoms with Crippen LogP contribution in [0.5, 0.6) is 0 Å². The normalized spacial score (nSPS) is 21.5. The molecule has 1 aliphatic rings. The summed E-state index contributed by atoms with van der Waals surface area (Å²) in [5.41, 5.74) is 1.08. The maximum Gasteiger partial charge on any atom is 0.308 e. The molecule has 8 heteroatoms. The third kappa shape index (κ3) is 6.98. The van der Waals surface area contributed by atoms with Gasteiger partial charge in [0.25, 0.3) is 0 Å². The van der Waals surface area contributed by atoms with Gasteiger partial charge in [0, 0.05) is 27.9 Å². The van der Waals surface area contributed by atoms with E-state index in [2.05, 4.69) is 0 Å². The molecule has 0 bridgehead atoms. The molecule has 35 heavy (non-hydrogen) atoms. The van der Waals surface area contributed by atoms with Crippen molar-refractivity contribution in [3.63, 3.8) is 0 Å². The lowest BCUT2D eigenvalue weighted by atomic mass is 9.74. The van der Waals surface area contributed by atoms with Gasteiger partial charge in [0.15, 0.2) is 0 Å². The fourth-order valence-electron chi connectivity index (χ4n) is 4.78. The Kier molecular flexibility index (Phi) is 8.50. The van der Waals surface area contributed by atoms with E-state index in [-0.39, 0.29) is 24.7 Å². The van der Waals surface area contributed by atoms with Crippen LogP contribution in [0.4, 0.5) is 0 Å². The second kappa shape index (κ2) is 11.0. The molecule has 3 unspecified atom stereocenters. The lowest BCUT2D eigenvalue weighted by molar-refractivity contribution is -0.160. The van der Waals surface area contributed by atoms with Gasteiger partial charge in [-0.1, -0.05) is 47.5 Å². The Morgan fingerprint density at radius 2 is 1.74 bits per heavy atom. The molecule has 3 rings (SSSR count). The molecule has 1 N–H and O–H groups in total. The van der Waals surface area contributed by atoms with E-state index in [1.165, 1.54) is 0 Å².